The molecule has 0 atom stereocenters. The fourth-order valence-corrected chi connectivity index (χ4v) is 1.74. The Bertz CT molecular complexity index is 430. The van der Waals surface area contributed by atoms with Gasteiger partial charge >= 0.3 is 0 Å². The Balaban J connectivity index is 2.41. The molecular formula is C15H22N2O3. The molecule has 0 bridgehead atoms. The van der Waals surface area contributed by atoms with Crippen LogP contribution in [0.1, 0.15) is 13.8 Å². The quantitative estimate of drug-likeness (QED) is 0.757. The number of hydrogen-bond donors (Lipinski definition) is 0. The van der Waals surface area contributed by atoms with Crippen LogP contribution >= 0.6 is 0 Å². The maximum Gasteiger partial charge on any atom is 0.260 e. The van der Waals surface area contributed by atoms with Crippen molar-refractivity contribution in [3.8, 4) is 5.75 Å². The minimum absolute atomic E-state index is 0.0504. The number of carbonyl (C=O) groups is 2. The van der Waals surface area contributed by atoms with E-state index < -0.39 is 0 Å². The van der Waals surface area contributed by atoms with Crippen molar-refractivity contribution >= 4 is 11.8 Å². The first kappa shape index (κ1) is 16.0. The summed E-state index contributed by atoms with van der Waals surface area (Å²) in [4.78, 5) is 26.9. The highest BCUT2D eigenvalue weighted by Crippen LogP contribution is 2.08. The standard InChI is InChI=1S/C15H22N2O3/c1-4-17(5-2)14(18)11-16(3)15(19)12-20-13-9-7-6-8-10-13/h6-10H,4-5,11-12H2,1-3H3. The first-order valence-electron chi connectivity index (χ1n) is 6.78. The fourth-order valence-electron chi connectivity index (χ4n) is 1.74. The molecule has 1 aromatic carbocycles. The lowest BCUT2D eigenvalue weighted by atomic mass is 10.3. The second-order valence-corrected chi connectivity index (χ2v) is 4.42. The second-order valence-electron chi connectivity index (χ2n) is 4.42. The molecular weight excluding hydrogens is 256 g/mol. The summed E-state index contributed by atoms with van der Waals surface area (Å²) in [6.07, 6.45) is 0. The zero-order valence-electron chi connectivity index (χ0n) is 12.3. The smallest absolute Gasteiger partial charge is 0.260 e. The van der Waals surface area contributed by atoms with E-state index in [1.807, 2.05) is 32.0 Å². The highest BCUT2D eigenvalue weighted by Gasteiger charge is 2.16. The zero-order valence-corrected chi connectivity index (χ0v) is 12.3. The van der Waals surface area contributed by atoms with Crippen LogP contribution in [0.2, 0.25) is 0 Å². The molecule has 5 nitrogen and oxygen atoms in total. The Hall–Kier alpha value is -2.04. The van der Waals surface area contributed by atoms with Gasteiger partial charge in [-0.25, -0.2) is 0 Å². The van der Waals surface area contributed by atoms with Crippen molar-refractivity contribution in [1.82, 2.24) is 9.80 Å². The Kier molecular flexibility index (Phi) is 6.56. The molecule has 110 valence electrons. The summed E-state index contributed by atoms with van der Waals surface area (Å²) in [5, 5.41) is 0. The largest absolute Gasteiger partial charge is 0.484 e. The van der Waals surface area contributed by atoms with Gasteiger partial charge in [0.1, 0.15) is 5.75 Å². The molecule has 0 saturated carbocycles. The van der Waals surface area contributed by atoms with Gasteiger partial charge in [-0.15, -0.1) is 0 Å². The first-order valence-corrected chi connectivity index (χ1v) is 6.78. The van der Waals surface area contributed by atoms with Gasteiger partial charge in [-0.1, -0.05) is 18.2 Å². The SMILES string of the molecule is CCN(CC)C(=O)CN(C)C(=O)COc1ccccc1. The topological polar surface area (TPSA) is 49.9 Å². The number of para-hydroxylation sites is 1. The molecule has 0 radical (unpaired) electrons. The Morgan fingerprint density at radius 2 is 1.65 bits per heavy atom. The third-order valence-electron chi connectivity index (χ3n) is 3.02. The number of rotatable bonds is 7. The number of nitrogens with zero attached hydrogens (tertiary/aromatic N) is 2. The van der Waals surface area contributed by atoms with Gasteiger partial charge in [0, 0.05) is 20.1 Å². The first-order chi connectivity index (χ1) is 9.58. The van der Waals surface area contributed by atoms with Crippen molar-refractivity contribution in [2.75, 3.05) is 33.3 Å². The van der Waals surface area contributed by atoms with Gasteiger partial charge in [-0.2, -0.15) is 0 Å². The second kappa shape index (κ2) is 8.19. The predicted molar refractivity (Wildman–Crippen MR) is 77.5 cm³/mol. The average molecular weight is 278 g/mol. The summed E-state index contributed by atoms with van der Waals surface area (Å²) in [7, 11) is 1.61. The lowest BCUT2D eigenvalue weighted by Crippen LogP contribution is -2.42. The van der Waals surface area contributed by atoms with Crippen molar-refractivity contribution in [2.45, 2.75) is 13.8 Å². The van der Waals surface area contributed by atoms with Gasteiger partial charge in [0.2, 0.25) is 5.91 Å². The number of amides is 2. The molecule has 0 fully saturated rings. The molecule has 0 unspecified atom stereocenters. The van der Waals surface area contributed by atoms with E-state index in [9.17, 15) is 9.59 Å². The molecule has 0 heterocycles. The van der Waals surface area contributed by atoms with Gasteiger partial charge < -0.3 is 14.5 Å². The van der Waals surface area contributed by atoms with Crippen LogP contribution in [-0.2, 0) is 9.59 Å². The lowest BCUT2D eigenvalue weighted by Gasteiger charge is -2.23. The van der Waals surface area contributed by atoms with Crippen molar-refractivity contribution in [3.63, 3.8) is 0 Å². The maximum atomic E-state index is 11.9. The van der Waals surface area contributed by atoms with Gasteiger partial charge in [0.15, 0.2) is 6.61 Å². The van der Waals surface area contributed by atoms with Crippen LogP contribution in [0.15, 0.2) is 30.3 Å². The third-order valence-corrected chi connectivity index (χ3v) is 3.02. The number of carbonyl (C=O) groups excluding carboxylic acids is 2. The van der Waals surface area contributed by atoms with E-state index in [2.05, 4.69) is 0 Å². The Morgan fingerprint density at radius 1 is 1.05 bits per heavy atom. The molecule has 20 heavy (non-hydrogen) atoms. The fraction of sp³-hybridized carbons (Fsp3) is 0.467. The monoisotopic (exact) mass is 278 g/mol. The van der Waals surface area contributed by atoms with E-state index in [0.717, 1.165) is 0 Å². The maximum absolute atomic E-state index is 11.9. The lowest BCUT2D eigenvalue weighted by molar-refractivity contribution is -0.140. The summed E-state index contributed by atoms with van der Waals surface area (Å²) in [6, 6.07) is 9.13. The van der Waals surface area contributed by atoms with Crippen LogP contribution in [0.4, 0.5) is 0 Å². The summed E-state index contributed by atoms with van der Waals surface area (Å²) < 4.78 is 5.37. The minimum Gasteiger partial charge on any atom is -0.484 e. The van der Waals surface area contributed by atoms with Gasteiger partial charge in [0.25, 0.3) is 5.91 Å². The number of hydrogen-bond acceptors (Lipinski definition) is 3. The van der Waals surface area contributed by atoms with Gasteiger partial charge in [-0.05, 0) is 26.0 Å². The van der Waals surface area contributed by atoms with E-state index in [1.165, 1.54) is 4.90 Å². The molecule has 0 saturated heterocycles. The average Bonchev–Trinajstić information content (AvgIpc) is 2.47. The van der Waals surface area contributed by atoms with Gasteiger partial charge in [-0.3, -0.25) is 9.59 Å². The van der Waals surface area contributed by atoms with E-state index in [4.69, 9.17) is 4.74 Å². The molecule has 0 aliphatic heterocycles. The van der Waals surface area contributed by atoms with E-state index in [1.54, 1.807) is 24.1 Å². The van der Waals surface area contributed by atoms with E-state index in [0.29, 0.717) is 18.8 Å². The van der Waals surface area contributed by atoms with Crippen LogP contribution in [0, 0.1) is 0 Å². The van der Waals surface area contributed by atoms with Crippen molar-refractivity contribution in [2.24, 2.45) is 0 Å². The summed E-state index contributed by atoms with van der Waals surface area (Å²) in [5.41, 5.74) is 0. The van der Waals surface area contributed by atoms with E-state index >= 15 is 0 Å². The normalized spacial score (nSPS) is 9.95. The summed E-state index contributed by atoms with van der Waals surface area (Å²) in [6.45, 7) is 5.16. The molecule has 0 spiro atoms. The molecule has 0 aliphatic rings. The zero-order chi connectivity index (χ0) is 15.0. The highest BCUT2D eigenvalue weighted by molar-refractivity contribution is 5.85. The van der Waals surface area contributed by atoms with Crippen LogP contribution in [0.5, 0.6) is 5.75 Å². The van der Waals surface area contributed by atoms with Crippen LogP contribution < -0.4 is 4.74 Å². The summed E-state index contributed by atoms with van der Waals surface area (Å²) >= 11 is 0. The molecule has 0 aliphatic carbocycles. The third kappa shape index (κ3) is 4.91. The molecule has 0 N–H and O–H groups in total. The number of ether oxygens (including phenoxy) is 1. The van der Waals surface area contributed by atoms with Gasteiger partial charge in [0.05, 0.1) is 6.54 Å². The molecule has 1 rings (SSSR count). The molecule has 1 aromatic rings. The minimum atomic E-state index is -0.214. The number of benzene rings is 1. The summed E-state index contributed by atoms with van der Waals surface area (Å²) in [5.74, 6) is 0.379. The van der Waals surface area contributed by atoms with Crippen molar-refractivity contribution in [3.05, 3.63) is 30.3 Å². The Morgan fingerprint density at radius 3 is 2.20 bits per heavy atom. The predicted octanol–water partition coefficient (Wildman–Crippen LogP) is 1.39. The molecule has 5 heteroatoms. The van der Waals surface area contributed by atoms with Crippen LogP contribution in [0.25, 0.3) is 0 Å². The number of likely N-dealkylation sites (N-methyl/N-ethyl adjacent to an activating group) is 2. The van der Waals surface area contributed by atoms with Crippen molar-refractivity contribution in [1.29, 1.82) is 0 Å². The van der Waals surface area contributed by atoms with Crippen molar-refractivity contribution < 1.29 is 14.3 Å². The highest BCUT2D eigenvalue weighted by atomic mass is 16.5. The van der Waals surface area contributed by atoms with Crippen LogP contribution in [-0.4, -0.2) is 54.9 Å². The van der Waals surface area contributed by atoms with Crippen LogP contribution in [0.3, 0.4) is 0 Å². The van der Waals surface area contributed by atoms with E-state index in [-0.39, 0.29) is 25.0 Å². The Labute approximate surface area is 120 Å². The molecule has 0 aromatic heterocycles. The molecule has 2 amide bonds.